The third kappa shape index (κ3) is 2.67. The second kappa shape index (κ2) is 4.47. The SMILES string of the molecule is CC1(C)CC1NS(=O)(=O)N1CCCCC1C(=O)O. The van der Waals surface area contributed by atoms with Crippen LogP contribution in [0.1, 0.15) is 39.5 Å². The number of aliphatic carboxylic acids is 1. The molecule has 1 saturated carbocycles. The van der Waals surface area contributed by atoms with Crippen molar-refractivity contribution in [2.75, 3.05) is 6.54 Å². The number of hydrogen-bond acceptors (Lipinski definition) is 3. The number of carboxylic acid groups (broad SMARTS) is 1. The molecule has 0 aromatic carbocycles. The zero-order valence-electron chi connectivity index (χ0n) is 10.7. The summed E-state index contributed by atoms with van der Waals surface area (Å²) in [5, 5.41) is 9.09. The minimum absolute atomic E-state index is 0.0123. The van der Waals surface area contributed by atoms with E-state index in [-0.39, 0.29) is 11.5 Å². The molecule has 0 spiro atoms. The highest BCUT2D eigenvalue weighted by Gasteiger charge is 2.49. The fraction of sp³-hybridized carbons (Fsp3) is 0.909. The van der Waals surface area contributed by atoms with Gasteiger partial charge < -0.3 is 5.11 Å². The van der Waals surface area contributed by atoms with Gasteiger partial charge in [-0.3, -0.25) is 4.79 Å². The molecular weight excluding hydrogens is 256 g/mol. The highest BCUT2D eigenvalue weighted by atomic mass is 32.2. The summed E-state index contributed by atoms with van der Waals surface area (Å²) in [6.07, 6.45) is 2.68. The molecule has 104 valence electrons. The molecule has 18 heavy (non-hydrogen) atoms. The zero-order valence-corrected chi connectivity index (χ0v) is 11.5. The lowest BCUT2D eigenvalue weighted by atomic mass is 10.1. The van der Waals surface area contributed by atoms with Gasteiger partial charge >= 0.3 is 5.97 Å². The molecule has 1 heterocycles. The summed E-state index contributed by atoms with van der Waals surface area (Å²) in [5.74, 6) is -1.06. The Bertz CT molecular complexity index is 446. The number of carbonyl (C=O) groups is 1. The third-order valence-electron chi connectivity index (χ3n) is 3.85. The molecule has 0 radical (unpaired) electrons. The predicted octanol–water partition coefficient (Wildman–Crippen LogP) is 0.558. The number of piperidine rings is 1. The normalized spacial score (nSPS) is 32.1. The van der Waals surface area contributed by atoms with Crippen molar-refractivity contribution in [3.8, 4) is 0 Å². The fourth-order valence-electron chi connectivity index (χ4n) is 2.36. The Morgan fingerprint density at radius 2 is 2.00 bits per heavy atom. The standard InChI is InChI=1S/C11H20N2O4S/c1-11(2)7-9(11)12-18(16,17)13-6-4-3-5-8(13)10(14)15/h8-9,12H,3-7H2,1-2H3,(H,14,15). The van der Waals surface area contributed by atoms with Gasteiger partial charge in [0.05, 0.1) is 0 Å². The molecule has 2 unspecified atom stereocenters. The third-order valence-corrected chi connectivity index (χ3v) is 5.49. The second-order valence-electron chi connectivity index (χ2n) is 5.83. The summed E-state index contributed by atoms with van der Waals surface area (Å²) < 4.78 is 28.1. The van der Waals surface area contributed by atoms with Crippen molar-refractivity contribution < 1.29 is 18.3 Å². The molecule has 2 fully saturated rings. The van der Waals surface area contributed by atoms with Crippen LogP contribution in [0.15, 0.2) is 0 Å². The fourth-order valence-corrected chi connectivity index (χ4v) is 4.15. The summed E-state index contributed by atoms with van der Waals surface area (Å²) in [5.41, 5.74) is -0.0123. The summed E-state index contributed by atoms with van der Waals surface area (Å²) >= 11 is 0. The van der Waals surface area contributed by atoms with Crippen molar-refractivity contribution in [2.24, 2.45) is 5.41 Å². The first-order valence-corrected chi connectivity index (χ1v) is 7.70. The van der Waals surface area contributed by atoms with Gasteiger partial charge in [-0.2, -0.15) is 17.4 Å². The molecule has 1 saturated heterocycles. The van der Waals surface area contributed by atoms with Crippen LogP contribution >= 0.6 is 0 Å². The molecule has 1 aliphatic carbocycles. The van der Waals surface area contributed by atoms with Crippen molar-refractivity contribution in [2.45, 2.75) is 51.6 Å². The Morgan fingerprint density at radius 3 is 2.50 bits per heavy atom. The second-order valence-corrected chi connectivity index (χ2v) is 7.48. The van der Waals surface area contributed by atoms with Crippen molar-refractivity contribution in [1.82, 2.24) is 9.03 Å². The van der Waals surface area contributed by atoms with Crippen molar-refractivity contribution in [3.05, 3.63) is 0 Å². The van der Waals surface area contributed by atoms with E-state index >= 15 is 0 Å². The van der Waals surface area contributed by atoms with Gasteiger partial charge in [-0.15, -0.1) is 0 Å². The maximum atomic E-state index is 12.2. The Balaban J connectivity index is 2.10. The smallest absolute Gasteiger partial charge is 0.322 e. The summed E-state index contributed by atoms with van der Waals surface area (Å²) in [6, 6.07) is -0.989. The van der Waals surface area contributed by atoms with E-state index in [1.165, 1.54) is 0 Å². The molecule has 2 aliphatic rings. The summed E-state index contributed by atoms with van der Waals surface area (Å²) in [7, 11) is -3.68. The molecule has 0 aromatic rings. The molecule has 7 heteroatoms. The van der Waals surface area contributed by atoms with Crippen LogP contribution in [0.4, 0.5) is 0 Å². The number of hydrogen-bond donors (Lipinski definition) is 2. The van der Waals surface area contributed by atoms with E-state index in [0.717, 1.165) is 23.6 Å². The van der Waals surface area contributed by atoms with Gasteiger partial charge in [0.1, 0.15) is 6.04 Å². The molecule has 1 aliphatic heterocycles. The zero-order chi connectivity index (χ0) is 13.6. The molecular formula is C11H20N2O4S. The van der Waals surface area contributed by atoms with Gasteiger partial charge in [-0.1, -0.05) is 13.8 Å². The van der Waals surface area contributed by atoms with Crippen LogP contribution in [0, 0.1) is 5.41 Å². The largest absolute Gasteiger partial charge is 0.480 e. The minimum Gasteiger partial charge on any atom is -0.480 e. The molecule has 2 N–H and O–H groups in total. The quantitative estimate of drug-likeness (QED) is 0.785. The van der Waals surface area contributed by atoms with Crippen molar-refractivity contribution in [3.63, 3.8) is 0 Å². The van der Waals surface area contributed by atoms with Crippen LogP contribution in [-0.2, 0) is 15.0 Å². The number of nitrogens with one attached hydrogen (secondary N) is 1. The van der Waals surface area contributed by atoms with Crippen LogP contribution < -0.4 is 4.72 Å². The van der Waals surface area contributed by atoms with Crippen LogP contribution in [0.25, 0.3) is 0 Å². The first kappa shape index (κ1) is 13.8. The molecule has 0 amide bonds. The van der Waals surface area contributed by atoms with E-state index in [9.17, 15) is 13.2 Å². The minimum atomic E-state index is -3.68. The average Bonchev–Trinajstić information content (AvgIpc) is 2.84. The van der Waals surface area contributed by atoms with Gasteiger partial charge in [-0.25, -0.2) is 0 Å². The Labute approximate surface area is 108 Å². The van der Waals surface area contributed by atoms with Gasteiger partial charge in [0.15, 0.2) is 0 Å². The maximum Gasteiger partial charge on any atom is 0.322 e. The summed E-state index contributed by atoms with van der Waals surface area (Å²) in [6.45, 7) is 4.27. The number of carboxylic acids is 1. The molecule has 0 aromatic heterocycles. The monoisotopic (exact) mass is 276 g/mol. The van der Waals surface area contributed by atoms with E-state index in [4.69, 9.17) is 5.11 Å². The maximum absolute atomic E-state index is 12.2. The highest BCUT2D eigenvalue weighted by Crippen LogP contribution is 2.45. The lowest BCUT2D eigenvalue weighted by Gasteiger charge is -2.32. The lowest BCUT2D eigenvalue weighted by Crippen LogP contribution is -2.52. The van der Waals surface area contributed by atoms with Crippen LogP contribution in [0.2, 0.25) is 0 Å². The van der Waals surface area contributed by atoms with Gasteiger partial charge in [0.25, 0.3) is 10.2 Å². The molecule has 2 atom stereocenters. The van der Waals surface area contributed by atoms with Crippen LogP contribution in [0.5, 0.6) is 0 Å². The van der Waals surface area contributed by atoms with E-state index in [0.29, 0.717) is 13.0 Å². The van der Waals surface area contributed by atoms with E-state index in [1.807, 2.05) is 13.8 Å². The summed E-state index contributed by atoms with van der Waals surface area (Å²) in [4.78, 5) is 11.1. The van der Waals surface area contributed by atoms with Crippen LogP contribution in [-0.4, -0.2) is 42.4 Å². The first-order chi connectivity index (χ1) is 8.24. The van der Waals surface area contributed by atoms with E-state index in [1.54, 1.807) is 0 Å². The van der Waals surface area contributed by atoms with Crippen molar-refractivity contribution in [1.29, 1.82) is 0 Å². The Hall–Kier alpha value is -0.660. The molecule has 2 rings (SSSR count). The van der Waals surface area contributed by atoms with Gasteiger partial charge in [-0.05, 0) is 31.1 Å². The highest BCUT2D eigenvalue weighted by molar-refractivity contribution is 7.87. The van der Waals surface area contributed by atoms with Crippen molar-refractivity contribution >= 4 is 16.2 Å². The number of rotatable bonds is 4. The average molecular weight is 276 g/mol. The van der Waals surface area contributed by atoms with Gasteiger partial charge in [0.2, 0.25) is 0 Å². The Morgan fingerprint density at radius 1 is 1.39 bits per heavy atom. The number of nitrogens with zero attached hydrogens (tertiary/aromatic N) is 1. The lowest BCUT2D eigenvalue weighted by molar-refractivity contribution is -0.142. The topological polar surface area (TPSA) is 86.7 Å². The van der Waals surface area contributed by atoms with Crippen LogP contribution in [0.3, 0.4) is 0 Å². The van der Waals surface area contributed by atoms with E-state index < -0.39 is 22.2 Å². The predicted molar refractivity (Wildman–Crippen MR) is 66.2 cm³/mol. The van der Waals surface area contributed by atoms with E-state index in [2.05, 4.69) is 4.72 Å². The van der Waals surface area contributed by atoms with Gasteiger partial charge in [0, 0.05) is 12.6 Å². The molecule has 6 nitrogen and oxygen atoms in total. The first-order valence-electron chi connectivity index (χ1n) is 6.26. The Kier molecular flexibility index (Phi) is 3.42. The molecule has 0 bridgehead atoms.